The van der Waals surface area contributed by atoms with Crippen molar-refractivity contribution >= 4 is 11.3 Å². The Morgan fingerprint density at radius 2 is 2.36 bits per heavy atom. The zero-order valence-corrected chi connectivity index (χ0v) is 7.94. The lowest BCUT2D eigenvalue weighted by Crippen LogP contribution is -1.96. The van der Waals surface area contributed by atoms with Gasteiger partial charge in [0.05, 0.1) is 18.3 Å². The van der Waals surface area contributed by atoms with Gasteiger partial charge in [-0.25, -0.2) is 4.98 Å². The molecule has 0 N–H and O–H groups in total. The molecular formula is C8H13NOS. The van der Waals surface area contributed by atoms with Crippen LogP contribution < -0.4 is 4.74 Å². The van der Waals surface area contributed by atoms with Crippen molar-refractivity contribution in [1.29, 1.82) is 0 Å². The Morgan fingerprint density at radius 3 is 2.91 bits per heavy atom. The number of methoxy groups -OCH3 is 1. The first-order chi connectivity index (χ1) is 5.24. The first kappa shape index (κ1) is 8.53. The molecular weight excluding hydrogens is 158 g/mol. The second-order valence-electron chi connectivity index (χ2n) is 2.89. The maximum Gasteiger partial charge on any atom is 0.196 e. The monoisotopic (exact) mass is 171 g/mol. The minimum absolute atomic E-state index is 0.644. The van der Waals surface area contributed by atoms with E-state index in [0.717, 1.165) is 17.2 Å². The first-order valence-corrected chi connectivity index (χ1v) is 4.58. The van der Waals surface area contributed by atoms with E-state index in [-0.39, 0.29) is 0 Å². The lowest BCUT2D eigenvalue weighted by atomic mass is 10.1. The zero-order valence-electron chi connectivity index (χ0n) is 7.13. The van der Waals surface area contributed by atoms with Crippen LogP contribution >= 0.6 is 11.3 Å². The quantitative estimate of drug-likeness (QED) is 0.696. The van der Waals surface area contributed by atoms with E-state index in [0.29, 0.717) is 5.92 Å². The number of aromatic nitrogens is 1. The Hall–Kier alpha value is -0.570. The van der Waals surface area contributed by atoms with Crippen LogP contribution in [0.5, 0.6) is 5.06 Å². The molecule has 1 heterocycles. The van der Waals surface area contributed by atoms with Gasteiger partial charge in [0.2, 0.25) is 0 Å². The smallest absolute Gasteiger partial charge is 0.196 e. The van der Waals surface area contributed by atoms with E-state index in [1.807, 2.05) is 5.51 Å². The summed E-state index contributed by atoms with van der Waals surface area (Å²) in [4.78, 5) is 4.22. The molecule has 0 atom stereocenters. The van der Waals surface area contributed by atoms with Crippen molar-refractivity contribution in [3.8, 4) is 5.06 Å². The van der Waals surface area contributed by atoms with Crippen molar-refractivity contribution in [2.45, 2.75) is 20.3 Å². The fourth-order valence-corrected chi connectivity index (χ4v) is 1.59. The molecule has 0 saturated carbocycles. The maximum atomic E-state index is 5.14. The average molecular weight is 171 g/mol. The number of hydrogen-bond donors (Lipinski definition) is 0. The van der Waals surface area contributed by atoms with E-state index in [9.17, 15) is 0 Å². The predicted octanol–water partition coefficient (Wildman–Crippen LogP) is 2.35. The number of thiazole rings is 1. The van der Waals surface area contributed by atoms with Gasteiger partial charge in [0.1, 0.15) is 0 Å². The highest BCUT2D eigenvalue weighted by Crippen LogP contribution is 2.24. The number of ether oxygens (including phenoxy) is 1. The Balaban J connectivity index is 2.68. The molecule has 1 rings (SSSR count). The van der Waals surface area contributed by atoms with Crippen molar-refractivity contribution in [1.82, 2.24) is 4.98 Å². The highest BCUT2D eigenvalue weighted by molar-refractivity contribution is 7.11. The van der Waals surface area contributed by atoms with E-state index >= 15 is 0 Å². The standard InChI is InChI=1S/C8H13NOS/c1-6(2)4-7-8(10-3)11-5-9-7/h5-6H,4H2,1-3H3. The van der Waals surface area contributed by atoms with Crippen molar-refractivity contribution in [3.63, 3.8) is 0 Å². The third kappa shape index (κ3) is 2.19. The lowest BCUT2D eigenvalue weighted by molar-refractivity contribution is 0.417. The molecule has 0 aliphatic carbocycles. The second-order valence-corrected chi connectivity index (χ2v) is 3.71. The fraction of sp³-hybridized carbons (Fsp3) is 0.625. The molecule has 0 aliphatic rings. The van der Waals surface area contributed by atoms with Crippen LogP contribution in [0, 0.1) is 5.92 Å². The molecule has 11 heavy (non-hydrogen) atoms. The third-order valence-electron chi connectivity index (χ3n) is 1.39. The molecule has 0 amide bonds. The highest BCUT2D eigenvalue weighted by atomic mass is 32.1. The van der Waals surface area contributed by atoms with E-state index in [1.54, 1.807) is 18.4 Å². The molecule has 2 nitrogen and oxygen atoms in total. The summed E-state index contributed by atoms with van der Waals surface area (Å²) < 4.78 is 5.14. The summed E-state index contributed by atoms with van der Waals surface area (Å²) in [5.74, 6) is 0.644. The summed E-state index contributed by atoms with van der Waals surface area (Å²) in [5.41, 5.74) is 2.92. The number of rotatable bonds is 3. The van der Waals surface area contributed by atoms with Crippen LogP contribution in [0.1, 0.15) is 19.5 Å². The molecule has 0 radical (unpaired) electrons. The van der Waals surface area contributed by atoms with Crippen LogP contribution in [0.15, 0.2) is 5.51 Å². The van der Waals surface area contributed by atoms with Gasteiger partial charge in [-0.1, -0.05) is 25.2 Å². The van der Waals surface area contributed by atoms with Crippen LogP contribution in [0.2, 0.25) is 0 Å². The van der Waals surface area contributed by atoms with E-state index in [1.165, 1.54) is 0 Å². The van der Waals surface area contributed by atoms with E-state index < -0.39 is 0 Å². The summed E-state index contributed by atoms with van der Waals surface area (Å²) in [7, 11) is 1.69. The number of hydrogen-bond acceptors (Lipinski definition) is 3. The highest BCUT2D eigenvalue weighted by Gasteiger charge is 2.07. The Labute approximate surface area is 71.2 Å². The summed E-state index contributed by atoms with van der Waals surface area (Å²) in [6.45, 7) is 4.36. The molecule has 0 fully saturated rings. The first-order valence-electron chi connectivity index (χ1n) is 3.70. The van der Waals surface area contributed by atoms with Gasteiger partial charge in [-0.3, -0.25) is 0 Å². The largest absolute Gasteiger partial charge is 0.486 e. The molecule has 1 aromatic heterocycles. The summed E-state index contributed by atoms with van der Waals surface area (Å²) in [6, 6.07) is 0. The van der Waals surface area contributed by atoms with Gasteiger partial charge in [0.15, 0.2) is 5.06 Å². The molecule has 0 saturated heterocycles. The third-order valence-corrected chi connectivity index (χ3v) is 2.22. The fourth-order valence-electron chi connectivity index (χ4n) is 0.947. The maximum absolute atomic E-state index is 5.14. The molecule has 0 bridgehead atoms. The minimum Gasteiger partial charge on any atom is -0.486 e. The van der Waals surface area contributed by atoms with Crippen LogP contribution in [-0.4, -0.2) is 12.1 Å². The van der Waals surface area contributed by atoms with Crippen LogP contribution in [-0.2, 0) is 6.42 Å². The topological polar surface area (TPSA) is 22.1 Å². The Kier molecular flexibility index (Phi) is 2.88. The van der Waals surface area contributed by atoms with Gasteiger partial charge in [0, 0.05) is 0 Å². The predicted molar refractivity (Wildman–Crippen MR) is 47.2 cm³/mol. The van der Waals surface area contributed by atoms with Crippen molar-refractivity contribution in [3.05, 3.63) is 11.2 Å². The average Bonchev–Trinajstić information content (AvgIpc) is 2.34. The van der Waals surface area contributed by atoms with Crippen LogP contribution in [0.4, 0.5) is 0 Å². The summed E-state index contributed by atoms with van der Waals surface area (Å²) >= 11 is 1.56. The zero-order chi connectivity index (χ0) is 8.27. The second kappa shape index (κ2) is 3.72. The van der Waals surface area contributed by atoms with Gasteiger partial charge >= 0.3 is 0 Å². The SMILES string of the molecule is COc1scnc1CC(C)C. The van der Waals surface area contributed by atoms with Crippen molar-refractivity contribution in [2.75, 3.05) is 7.11 Å². The normalized spacial score (nSPS) is 10.5. The summed E-state index contributed by atoms with van der Waals surface area (Å²) in [6.07, 6.45) is 1.01. The molecule has 3 heteroatoms. The molecule has 0 spiro atoms. The van der Waals surface area contributed by atoms with Crippen LogP contribution in [0.3, 0.4) is 0 Å². The number of nitrogens with zero attached hydrogens (tertiary/aromatic N) is 1. The van der Waals surface area contributed by atoms with E-state index in [4.69, 9.17) is 4.74 Å². The molecule has 0 unspecified atom stereocenters. The molecule has 62 valence electrons. The summed E-state index contributed by atoms with van der Waals surface area (Å²) in [5, 5.41) is 0.957. The van der Waals surface area contributed by atoms with Crippen LogP contribution in [0.25, 0.3) is 0 Å². The Bertz CT molecular complexity index is 220. The molecule has 1 aromatic rings. The van der Waals surface area contributed by atoms with Crippen molar-refractivity contribution in [2.24, 2.45) is 5.92 Å². The Morgan fingerprint density at radius 1 is 1.64 bits per heavy atom. The van der Waals surface area contributed by atoms with E-state index in [2.05, 4.69) is 18.8 Å². The van der Waals surface area contributed by atoms with Gasteiger partial charge in [-0.15, -0.1) is 0 Å². The van der Waals surface area contributed by atoms with Gasteiger partial charge < -0.3 is 4.74 Å². The lowest BCUT2D eigenvalue weighted by Gasteiger charge is -2.02. The van der Waals surface area contributed by atoms with Gasteiger partial charge in [-0.2, -0.15) is 0 Å². The van der Waals surface area contributed by atoms with Gasteiger partial charge in [0.25, 0.3) is 0 Å². The van der Waals surface area contributed by atoms with Crippen molar-refractivity contribution < 1.29 is 4.74 Å². The van der Waals surface area contributed by atoms with Gasteiger partial charge in [-0.05, 0) is 12.3 Å². The minimum atomic E-state index is 0.644. The molecule has 0 aliphatic heterocycles. The molecule has 0 aromatic carbocycles.